The molecule has 0 radical (unpaired) electrons. The van der Waals surface area contributed by atoms with Gasteiger partial charge in [-0.05, 0) is 24.6 Å². The summed E-state index contributed by atoms with van der Waals surface area (Å²) in [5, 5.41) is 3.43. The van der Waals surface area contributed by atoms with Crippen LogP contribution in [0.4, 0.5) is 0 Å². The molecular weight excluding hydrogens is 206 g/mol. The van der Waals surface area contributed by atoms with Gasteiger partial charge in [0.15, 0.2) is 0 Å². The van der Waals surface area contributed by atoms with Crippen LogP contribution in [0.3, 0.4) is 0 Å². The van der Waals surface area contributed by atoms with Crippen LogP contribution in [-0.4, -0.2) is 16.5 Å². The molecule has 2 nitrogen and oxygen atoms in total. The first kappa shape index (κ1) is 12.4. The minimum absolute atomic E-state index is 0.337. The highest BCUT2D eigenvalue weighted by atomic mass is 32.2. The summed E-state index contributed by atoms with van der Waals surface area (Å²) in [6.07, 6.45) is 1.70. The fourth-order valence-corrected chi connectivity index (χ4v) is 2.06. The molecule has 1 rings (SSSR count). The molecule has 15 heavy (non-hydrogen) atoms. The maximum absolute atomic E-state index is 11.2. The van der Waals surface area contributed by atoms with Crippen molar-refractivity contribution in [3.8, 4) is 0 Å². The molecule has 0 aromatic heterocycles. The zero-order valence-electron chi connectivity index (χ0n) is 9.78. The average Bonchev–Trinajstić information content (AvgIpc) is 2.17. The lowest BCUT2D eigenvalue weighted by atomic mass is 10.1. The Labute approximate surface area is 94.5 Å². The third-order valence-electron chi connectivity index (χ3n) is 2.30. The van der Waals surface area contributed by atoms with Crippen LogP contribution < -0.4 is 5.32 Å². The van der Waals surface area contributed by atoms with Crippen molar-refractivity contribution in [1.29, 1.82) is 0 Å². The minimum Gasteiger partial charge on any atom is -0.308 e. The van der Waals surface area contributed by atoms with E-state index in [1.54, 1.807) is 6.26 Å². The van der Waals surface area contributed by atoms with Gasteiger partial charge >= 0.3 is 0 Å². The van der Waals surface area contributed by atoms with Crippen LogP contribution in [-0.2, 0) is 10.8 Å². The third-order valence-corrected chi connectivity index (χ3v) is 3.23. The van der Waals surface area contributed by atoms with E-state index in [1.807, 2.05) is 24.3 Å². The van der Waals surface area contributed by atoms with Crippen LogP contribution in [0, 0.1) is 0 Å². The molecule has 1 aromatic rings. The van der Waals surface area contributed by atoms with Crippen molar-refractivity contribution in [2.24, 2.45) is 0 Å². The molecule has 0 bridgehead atoms. The van der Waals surface area contributed by atoms with Crippen molar-refractivity contribution < 1.29 is 4.21 Å². The maximum Gasteiger partial charge on any atom is 0.0498 e. The van der Waals surface area contributed by atoms with E-state index in [4.69, 9.17) is 0 Å². The summed E-state index contributed by atoms with van der Waals surface area (Å²) in [6.45, 7) is 6.40. The second-order valence-electron chi connectivity index (χ2n) is 4.07. The smallest absolute Gasteiger partial charge is 0.0498 e. The van der Waals surface area contributed by atoms with Crippen molar-refractivity contribution in [3.63, 3.8) is 0 Å². The minimum atomic E-state index is -0.882. The van der Waals surface area contributed by atoms with Crippen molar-refractivity contribution in [3.05, 3.63) is 29.8 Å². The number of hydrogen-bond acceptors (Lipinski definition) is 2. The molecule has 0 heterocycles. The Morgan fingerprint density at radius 2 is 1.67 bits per heavy atom. The van der Waals surface area contributed by atoms with Gasteiger partial charge in [0, 0.05) is 34.0 Å². The number of nitrogens with one attached hydrogen (secondary N) is 1. The van der Waals surface area contributed by atoms with Gasteiger partial charge in [0.2, 0.25) is 0 Å². The first-order valence-corrected chi connectivity index (χ1v) is 6.76. The number of hydrogen-bond donors (Lipinski definition) is 1. The molecule has 0 saturated heterocycles. The summed E-state index contributed by atoms with van der Waals surface area (Å²) in [4.78, 5) is 0.885. The monoisotopic (exact) mass is 225 g/mol. The largest absolute Gasteiger partial charge is 0.308 e. The van der Waals surface area contributed by atoms with E-state index in [2.05, 4.69) is 26.1 Å². The Kier molecular flexibility index (Phi) is 4.48. The Balaban J connectivity index is 2.75. The van der Waals surface area contributed by atoms with E-state index >= 15 is 0 Å². The van der Waals surface area contributed by atoms with Crippen LogP contribution in [0.2, 0.25) is 0 Å². The van der Waals surface area contributed by atoms with Gasteiger partial charge in [-0.15, -0.1) is 0 Å². The van der Waals surface area contributed by atoms with Crippen molar-refractivity contribution >= 4 is 10.8 Å². The molecule has 0 aliphatic rings. The van der Waals surface area contributed by atoms with E-state index in [0.29, 0.717) is 12.1 Å². The summed E-state index contributed by atoms with van der Waals surface area (Å²) < 4.78 is 11.2. The predicted molar refractivity (Wildman–Crippen MR) is 65.5 cm³/mol. The van der Waals surface area contributed by atoms with Gasteiger partial charge in [-0.25, -0.2) is 0 Å². The fourth-order valence-electron chi connectivity index (χ4n) is 1.54. The first-order chi connectivity index (χ1) is 7.00. The van der Waals surface area contributed by atoms with Gasteiger partial charge in [0.05, 0.1) is 0 Å². The molecular formula is C12H19NOS. The Bertz CT molecular complexity index is 332. The van der Waals surface area contributed by atoms with Crippen molar-refractivity contribution in [1.82, 2.24) is 5.32 Å². The zero-order valence-corrected chi connectivity index (χ0v) is 10.6. The van der Waals surface area contributed by atoms with Crippen molar-refractivity contribution in [2.75, 3.05) is 6.26 Å². The van der Waals surface area contributed by atoms with Gasteiger partial charge in [-0.2, -0.15) is 0 Å². The highest BCUT2D eigenvalue weighted by molar-refractivity contribution is 7.84. The summed E-state index contributed by atoms with van der Waals surface area (Å²) >= 11 is 0. The lowest BCUT2D eigenvalue weighted by molar-refractivity contribution is 0.506. The van der Waals surface area contributed by atoms with Crippen LogP contribution >= 0.6 is 0 Å². The highest BCUT2D eigenvalue weighted by Crippen LogP contribution is 2.15. The molecule has 0 spiro atoms. The molecule has 3 heteroatoms. The van der Waals surface area contributed by atoms with Crippen LogP contribution in [0.15, 0.2) is 29.2 Å². The first-order valence-electron chi connectivity index (χ1n) is 5.20. The van der Waals surface area contributed by atoms with Crippen LogP contribution in [0.5, 0.6) is 0 Å². The SMILES string of the molecule is CC(C)NC(C)c1ccc(S(C)=O)cc1. The topological polar surface area (TPSA) is 29.1 Å². The normalized spacial score (nSPS) is 15.3. The lowest BCUT2D eigenvalue weighted by Crippen LogP contribution is -2.25. The molecule has 0 aliphatic carbocycles. The molecule has 1 aromatic carbocycles. The molecule has 0 aliphatic heterocycles. The van der Waals surface area contributed by atoms with Crippen LogP contribution in [0.25, 0.3) is 0 Å². The molecule has 0 saturated carbocycles. The van der Waals surface area contributed by atoms with Gasteiger partial charge in [0.25, 0.3) is 0 Å². The van der Waals surface area contributed by atoms with Gasteiger partial charge in [0.1, 0.15) is 0 Å². The fraction of sp³-hybridized carbons (Fsp3) is 0.500. The van der Waals surface area contributed by atoms with E-state index in [9.17, 15) is 4.21 Å². The standard InChI is InChI=1S/C12H19NOS/c1-9(2)13-10(3)11-5-7-12(8-6-11)15(4)14/h5-10,13H,1-4H3. The molecule has 2 unspecified atom stereocenters. The Hall–Kier alpha value is -0.670. The Morgan fingerprint density at radius 1 is 1.13 bits per heavy atom. The molecule has 0 amide bonds. The van der Waals surface area contributed by atoms with Gasteiger partial charge in [-0.1, -0.05) is 26.0 Å². The number of rotatable bonds is 4. The molecule has 1 N–H and O–H groups in total. The van der Waals surface area contributed by atoms with Crippen molar-refractivity contribution in [2.45, 2.75) is 37.8 Å². The lowest BCUT2D eigenvalue weighted by Gasteiger charge is -2.17. The second kappa shape index (κ2) is 5.42. The molecule has 84 valence electrons. The van der Waals surface area contributed by atoms with Gasteiger partial charge in [-0.3, -0.25) is 4.21 Å². The third kappa shape index (κ3) is 3.76. The molecule has 2 atom stereocenters. The summed E-state index contributed by atoms with van der Waals surface area (Å²) in [6, 6.07) is 8.76. The molecule has 0 fully saturated rings. The predicted octanol–water partition coefficient (Wildman–Crippen LogP) is 2.48. The summed E-state index contributed by atoms with van der Waals surface area (Å²) in [5.74, 6) is 0. The second-order valence-corrected chi connectivity index (χ2v) is 5.45. The summed E-state index contributed by atoms with van der Waals surface area (Å²) in [5.41, 5.74) is 1.23. The van der Waals surface area contributed by atoms with Gasteiger partial charge < -0.3 is 5.32 Å². The van der Waals surface area contributed by atoms with E-state index in [-0.39, 0.29) is 0 Å². The highest BCUT2D eigenvalue weighted by Gasteiger charge is 2.06. The maximum atomic E-state index is 11.2. The Morgan fingerprint density at radius 3 is 2.07 bits per heavy atom. The van der Waals surface area contributed by atoms with E-state index in [0.717, 1.165) is 4.90 Å². The van der Waals surface area contributed by atoms with Crippen LogP contribution in [0.1, 0.15) is 32.4 Å². The average molecular weight is 225 g/mol. The zero-order chi connectivity index (χ0) is 11.4. The quantitative estimate of drug-likeness (QED) is 0.853. The summed E-state index contributed by atoms with van der Waals surface area (Å²) in [7, 11) is -0.882. The van der Waals surface area contributed by atoms with E-state index < -0.39 is 10.8 Å². The number of benzene rings is 1. The van der Waals surface area contributed by atoms with E-state index in [1.165, 1.54) is 5.56 Å².